The molecule has 5 heterocycles. The number of hydrogen-bond donors (Lipinski definition) is 2. The maximum atomic E-state index is 13.4. The number of ether oxygens (including phenoxy) is 1. The molecule has 0 spiro atoms. The third kappa shape index (κ3) is 4.16. The van der Waals surface area contributed by atoms with Crippen molar-refractivity contribution >= 4 is 16.9 Å². The standard InChI is InChI=1S/C28H30N6O2/c1-17-13-31-27-21(17)12-20(14-32-27)19-10-18-6-9-34(15-23(18)22(11-19)24-4-3-7-29-24)28(35)25-5-8-30-26(33-25)16-36-2/h5,8,10-14,24,29H,3-4,6-7,9,15-16H2,1-2H3,(H,31,32)/t24-/m0/s1. The average Bonchev–Trinajstić information content (AvgIpc) is 3.58. The molecule has 0 radical (unpaired) electrons. The van der Waals surface area contributed by atoms with Crippen LogP contribution in [0.2, 0.25) is 0 Å². The van der Waals surface area contributed by atoms with Crippen LogP contribution in [-0.4, -0.2) is 50.9 Å². The Morgan fingerprint density at radius 2 is 2.14 bits per heavy atom. The number of benzene rings is 1. The fraction of sp³-hybridized carbons (Fsp3) is 0.357. The average molecular weight is 483 g/mol. The maximum Gasteiger partial charge on any atom is 0.272 e. The first-order valence-electron chi connectivity index (χ1n) is 12.5. The van der Waals surface area contributed by atoms with Crippen molar-refractivity contribution in [2.75, 3.05) is 20.2 Å². The molecule has 0 aliphatic carbocycles. The van der Waals surface area contributed by atoms with Crippen LogP contribution in [0.25, 0.3) is 22.2 Å². The van der Waals surface area contributed by atoms with Gasteiger partial charge >= 0.3 is 0 Å². The Hall–Kier alpha value is -3.62. The first kappa shape index (κ1) is 22.8. The number of carbonyl (C=O) groups is 1. The SMILES string of the molecule is COCc1nccc(C(=O)N2CCc3cc(-c4cnc5[nH]cc(C)c5c4)cc([C@@H]4CCCN4)c3C2)n1. The largest absolute Gasteiger partial charge is 0.377 e. The lowest BCUT2D eigenvalue weighted by atomic mass is 9.87. The summed E-state index contributed by atoms with van der Waals surface area (Å²) in [6, 6.07) is 8.81. The summed E-state index contributed by atoms with van der Waals surface area (Å²) in [5.74, 6) is 0.455. The van der Waals surface area contributed by atoms with E-state index in [-0.39, 0.29) is 12.5 Å². The van der Waals surface area contributed by atoms with E-state index < -0.39 is 0 Å². The Bertz CT molecular complexity index is 1440. The first-order valence-corrected chi connectivity index (χ1v) is 12.5. The molecule has 8 heteroatoms. The van der Waals surface area contributed by atoms with Gasteiger partial charge in [0.25, 0.3) is 5.91 Å². The molecule has 4 aromatic rings. The van der Waals surface area contributed by atoms with Crippen LogP contribution in [0.1, 0.15) is 57.5 Å². The summed E-state index contributed by atoms with van der Waals surface area (Å²) in [5, 5.41) is 4.83. The molecule has 1 saturated heterocycles. The van der Waals surface area contributed by atoms with Gasteiger partial charge in [-0.25, -0.2) is 15.0 Å². The highest BCUT2D eigenvalue weighted by Crippen LogP contribution is 2.36. The van der Waals surface area contributed by atoms with Crippen LogP contribution >= 0.6 is 0 Å². The maximum absolute atomic E-state index is 13.4. The number of pyridine rings is 1. The number of aromatic amines is 1. The number of fused-ring (bicyclic) bond motifs is 2. The summed E-state index contributed by atoms with van der Waals surface area (Å²) < 4.78 is 5.14. The third-order valence-electron chi connectivity index (χ3n) is 7.37. The van der Waals surface area contributed by atoms with Gasteiger partial charge in [-0.15, -0.1) is 0 Å². The Balaban J connectivity index is 1.36. The number of aromatic nitrogens is 4. The molecule has 2 N–H and O–H groups in total. The minimum Gasteiger partial charge on any atom is -0.377 e. The van der Waals surface area contributed by atoms with Gasteiger partial charge in [-0.05, 0) is 78.7 Å². The van der Waals surface area contributed by atoms with E-state index in [0.29, 0.717) is 30.6 Å². The number of amides is 1. The molecule has 0 bridgehead atoms. The number of aryl methyl sites for hydroxylation is 1. The molecule has 1 fully saturated rings. The number of nitrogens with zero attached hydrogens (tertiary/aromatic N) is 4. The van der Waals surface area contributed by atoms with E-state index in [0.717, 1.165) is 42.4 Å². The van der Waals surface area contributed by atoms with Crippen molar-refractivity contribution in [2.45, 2.75) is 45.4 Å². The van der Waals surface area contributed by atoms with Crippen LogP contribution in [0, 0.1) is 6.92 Å². The molecule has 6 rings (SSSR count). The normalized spacial score (nSPS) is 17.5. The minimum atomic E-state index is -0.0626. The molecule has 8 nitrogen and oxygen atoms in total. The molecule has 36 heavy (non-hydrogen) atoms. The van der Waals surface area contributed by atoms with Crippen molar-refractivity contribution in [2.24, 2.45) is 0 Å². The summed E-state index contributed by atoms with van der Waals surface area (Å²) in [6.45, 7) is 4.65. The van der Waals surface area contributed by atoms with Crippen molar-refractivity contribution in [3.05, 3.63) is 76.6 Å². The number of methoxy groups -OCH3 is 1. The Kier molecular flexibility index (Phi) is 5.99. The molecule has 1 atom stereocenters. The number of H-pyrrole nitrogens is 1. The zero-order chi connectivity index (χ0) is 24.6. The number of rotatable bonds is 5. The Morgan fingerprint density at radius 3 is 2.97 bits per heavy atom. The quantitative estimate of drug-likeness (QED) is 0.445. The van der Waals surface area contributed by atoms with E-state index in [1.54, 1.807) is 19.4 Å². The van der Waals surface area contributed by atoms with Gasteiger partial charge in [-0.3, -0.25) is 4.79 Å². The lowest BCUT2D eigenvalue weighted by Gasteiger charge is -2.32. The van der Waals surface area contributed by atoms with Gasteiger partial charge in [0, 0.05) is 55.8 Å². The predicted octanol–water partition coefficient (Wildman–Crippen LogP) is 4.10. The highest BCUT2D eigenvalue weighted by atomic mass is 16.5. The smallest absolute Gasteiger partial charge is 0.272 e. The Morgan fingerprint density at radius 1 is 1.22 bits per heavy atom. The minimum absolute atomic E-state index is 0.0626. The second-order valence-corrected chi connectivity index (χ2v) is 9.71. The van der Waals surface area contributed by atoms with Crippen LogP contribution in [-0.2, 0) is 24.3 Å². The van der Waals surface area contributed by atoms with Gasteiger partial charge in [0.15, 0.2) is 5.82 Å². The van der Waals surface area contributed by atoms with Crippen LogP contribution in [0.5, 0.6) is 0 Å². The van der Waals surface area contributed by atoms with E-state index in [4.69, 9.17) is 4.74 Å². The van der Waals surface area contributed by atoms with Crippen LogP contribution < -0.4 is 5.32 Å². The number of carbonyl (C=O) groups excluding carboxylic acids is 1. The summed E-state index contributed by atoms with van der Waals surface area (Å²) in [5.41, 5.74) is 8.71. The second-order valence-electron chi connectivity index (χ2n) is 9.71. The fourth-order valence-corrected chi connectivity index (χ4v) is 5.47. The first-order chi connectivity index (χ1) is 17.6. The highest BCUT2D eigenvalue weighted by Gasteiger charge is 2.29. The number of hydrogen-bond acceptors (Lipinski definition) is 6. The van der Waals surface area contributed by atoms with Crippen molar-refractivity contribution < 1.29 is 9.53 Å². The van der Waals surface area contributed by atoms with Crippen molar-refractivity contribution in [3.63, 3.8) is 0 Å². The van der Waals surface area contributed by atoms with Gasteiger partial charge in [0.1, 0.15) is 17.9 Å². The molecular formula is C28H30N6O2. The molecule has 1 aromatic carbocycles. The molecular weight excluding hydrogens is 452 g/mol. The van der Waals surface area contributed by atoms with E-state index in [1.165, 1.54) is 27.8 Å². The van der Waals surface area contributed by atoms with Gasteiger partial charge in [0.2, 0.25) is 0 Å². The van der Waals surface area contributed by atoms with E-state index in [1.807, 2.05) is 17.3 Å². The van der Waals surface area contributed by atoms with E-state index >= 15 is 0 Å². The molecule has 0 unspecified atom stereocenters. The topological polar surface area (TPSA) is 96.0 Å². The molecule has 184 valence electrons. The summed E-state index contributed by atoms with van der Waals surface area (Å²) in [7, 11) is 1.60. The van der Waals surface area contributed by atoms with Gasteiger partial charge in [-0.1, -0.05) is 6.07 Å². The summed E-state index contributed by atoms with van der Waals surface area (Å²) in [4.78, 5) is 31.8. The van der Waals surface area contributed by atoms with Crippen molar-refractivity contribution in [1.82, 2.24) is 30.2 Å². The summed E-state index contributed by atoms with van der Waals surface area (Å²) >= 11 is 0. The van der Waals surface area contributed by atoms with Crippen LogP contribution in [0.4, 0.5) is 0 Å². The monoisotopic (exact) mass is 482 g/mol. The van der Waals surface area contributed by atoms with E-state index in [2.05, 4.69) is 50.4 Å². The van der Waals surface area contributed by atoms with Crippen molar-refractivity contribution in [1.29, 1.82) is 0 Å². The zero-order valence-corrected chi connectivity index (χ0v) is 20.7. The van der Waals surface area contributed by atoms with Crippen LogP contribution in [0.3, 0.4) is 0 Å². The van der Waals surface area contributed by atoms with Gasteiger partial charge in [0.05, 0.1) is 0 Å². The fourth-order valence-electron chi connectivity index (χ4n) is 5.47. The van der Waals surface area contributed by atoms with Gasteiger partial charge < -0.3 is 19.9 Å². The lowest BCUT2D eigenvalue weighted by Crippen LogP contribution is -2.37. The molecule has 0 saturated carbocycles. The highest BCUT2D eigenvalue weighted by molar-refractivity contribution is 5.92. The number of nitrogens with one attached hydrogen (secondary N) is 2. The van der Waals surface area contributed by atoms with E-state index in [9.17, 15) is 4.79 Å². The Labute approximate surface area is 210 Å². The van der Waals surface area contributed by atoms with Gasteiger partial charge in [-0.2, -0.15) is 0 Å². The second kappa shape index (κ2) is 9.44. The summed E-state index contributed by atoms with van der Waals surface area (Å²) in [6.07, 6.45) is 8.66. The third-order valence-corrected chi connectivity index (χ3v) is 7.37. The lowest BCUT2D eigenvalue weighted by molar-refractivity contribution is 0.0726. The van der Waals surface area contributed by atoms with Crippen LogP contribution in [0.15, 0.2) is 42.9 Å². The van der Waals surface area contributed by atoms with Crippen molar-refractivity contribution in [3.8, 4) is 11.1 Å². The molecule has 2 aliphatic heterocycles. The molecule has 1 amide bonds. The molecule has 3 aromatic heterocycles. The predicted molar refractivity (Wildman–Crippen MR) is 137 cm³/mol. The zero-order valence-electron chi connectivity index (χ0n) is 20.7. The molecule has 2 aliphatic rings.